The van der Waals surface area contributed by atoms with Gasteiger partial charge in [0.15, 0.2) is 0 Å². The zero-order valence-electron chi connectivity index (χ0n) is 29.4. The predicted octanol–water partition coefficient (Wildman–Crippen LogP) is 10.3. The molecule has 9 heteroatoms. The number of ether oxygens (including phenoxy) is 2. The minimum Gasteiger partial charge on any atom is -0.390 e. The van der Waals surface area contributed by atoms with Gasteiger partial charge in [0.25, 0.3) is 0 Å². The molecule has 0 fully saturated rings. The number of hydrogen-bond acceptors (Lipinski definition) is 4. The van der Waals surface area contributed by atoms with E-state index in [9.17, 15) is 17.6 Å². The van der Waals surface area contributed by atoms with Crippen LogP contribution < -0.4 is 9.80 Å². The first-order valence-electron chi connectivity index (χ1n) is 16.1. The monoisotopic (exact) mass is 730 g/mol. The van der Waals surface area contributed by atoms with Crippen LogP contribution in [0.4, 0.5) is 40.3 Å². The number of nitrogens with zero attached hydrogens (tertiary/aromatic N) is 2. The quantitative estimate of drug-likeness (QED) is 0.0922. The largest absolute Gasteiger partial charge is 4.00 e. The smallest absolute Gasteiger partial charge is 0.390 e. The van der Waals surface area contributed by atoms with Crippen LogP contribution in [-0.2, 0) is 31.2 Å². The fraction of sp³-hybridized carbons (Fsp3) is 0.238. The summed E-state index contributed by atoms with van der Waals surface area (Å²) in [4.78, 5) is 3.49. The van der Waals surface area contributed by atoms with E-state index in [0.717, 1.165) is 35.3 Å². The van der Waals surface area contributed by atoms with Gasteiger partial charge in [0.2, 0.25) is 0 Å². The van der Waals surface area contributed by atoms with E-state index in [-0.39, 0.29) is 33.1 Å². The molecular formula is C42H42F4N2O2Ti. The molecule has 0 aliphatic heterocycles. The SMILES string of the molecule is COCCN(c1ccc(C)cc1)c1ccc(F)[c-]c1F.COCCN(c1ccc(C)cc1)c1ccc(F)[c-]c1F.[C-]1=CC=CC1.[C-]1=CC=CC1.[Ti+4]. The molecular weight excluding hydrogens is 688 g/mol. The van der Waals surface area contributed by atoms with Crippen LogP contribution in [0.25, 0.3) is 0 Å². The number of methoxy groups -OCH3 is 2. The van der Waals surface area contributed by atoms with E-state index in [1.54, 1.807) is 24.0 Å². The van der Waals surface area contributed by atoms with E-state index >= 15 is 0 Å². The first-order chi connectivity index (χ1) is 24.2. The van der Waals surface area contributed by atoms with Gasteiger partial charge in [-0.25, -0.2) is 41.9 Å². The summed E-state index contributed by atoms with van der Waals surface area (Å²) in [5.74, 6) is -2.83. The third-order valence-electron chi connectivity index (χ3n) is 7.17. The van der Waals surface area contributed by atoms with Crippen LogP contribution in [0, 0.1) is 61.4 Å². The summed E-state index contributed by atoms with van der Waals surface area (Å²) in [6.45, 7) is 5.77. The van der Waals surface area contributed by atoms with Crippen LogP contribution in [0.15, 0.2) is 109 Å². The normalized spacial score (nSPS) is 11.8. The predicted molar refractivity (Wildman–Crippen MR) is 194 cm³/mol. The van der Waals surface area contributed by atoms with Crippen LogP contribution >= 0.6 is 0 Å². The Balaban J connectivity index is 0.000000273. The van der Waals surface area contributed by atoms with Gasteiger partial charge < -0.3 is 19.3 Å². The van der Waals surface area contributed by atoms with E-state index < -0.39 is 23.3 Å². The molecule has 4 aromatic carbocycles. The molecule has 0 radical (unpaired) electrons. The Hall–Kier alpha value is -4.21. The fourth-order valence-electron chi connectivity index (χ4n) is 4.56. The maximum absolute atomic E-state index is 13.9. The van der Waals surface area contributed by atoms with Gasteiger partial charge in [-0.05, 0) is 49.5 Å². The van der Waals surface area contributed by atoms with Crippen molar-refractivity contribution in [3.05, 3.63) is 168 Å². The molecule has 51 heavy (non-hydrogen) atoms. The second-order valence-corrected chi connectivity index (χ2v) is 11.0. The summed E-state index contributed by atoms with van der Waals surface area (Å²) in [7, 11) is 3.17. The van der Waals surface area contributed by atoms with Crippen LogP contribution in [-0.4, -0.2) is 40.5 Å². The Kier molecular flexibility index (Phi) is 20.3. The topological polar surface area (TPSA) is 24.9 Å². The van der Waals surface area contributed by atoms with Gasteiger partial charge in [-0.2, -0.15) is 12.2 Å². The zero-order valence-corrected chi connectivity index (χ0v) is 30.9. The van der Waals surface area contributed by atoms with Gasteiger partial charge in [0.1, 0.15) is 0 Å². The van der Waals surface area contributed by atoms with Crippen molar-refractivity contribution in [3.63, 3.8) is 0 Å². The summed E-state index contributed by atoms with van der Waals surface area (Å²) < 4.78 is 63.9. The molecule has 0 bridgehead atoms. The molecule has 0 spiro atoms. The zero-order chi connectivity index (χ0) is 36.1. The second-order valence-electron chi connectivity index (χ2n) is 11.0. The van der Waals surface area contributed by atoms with Crippen LogP contribution in [0.3, 0.4) is 0 Å². The molecule has 2 aliphatic carbocycles. The Morgan fingerprint density at radius 1 is 0.569 bits per heavy atom. The van der Waals surface area contributed by atoms with Crippen LogP contribution in [0.2, 0.25) is 0 Å². The summed E-state index contributed by atoms with van der Waals surface area (Å²) in [5.41, 5.74) is 4.45. The molecule has 4 nitrogen and oxygen atoms in total. The Bertz CT molecular complexity index is 1560. The Morgan fingerprint density at radius 3 is 1.20 bits per heavy atom. The summed E-state index contributed by atoms with van der Waals surface area (Å²) >= 11 is 0. The molecule has 0 saturated heterocycles. The van der Waals surface area contributed by atoms with Crippen molar-refractivity contribution in [3.8, 4) is 0 Å². The number of rotatable bonds is 10. The molecule has 2 aliphatic rings. The molecule has 264 valence electrons. The van der Waals surface area contributed by atoms with Crippen molar-refractivity contribution in [1.82, 2.24) is 0 Å². The van der Waals surface area contributed by atoms with Crippen molar-refractivity contribution in [1.29, 1.82) is 0 Å². The minimum atomic E-state index is -0.707. The van der Waals surface area contributed by atoms with Crippen LogP contribution in [0.1, 0.15) is 24.0 Å². The molecule has 0 heterocycles. The standard InChI is InChI=1S/2C16H16F2NO.2C5H5.Ti/c2*1-12-3-6-14(7-4-12)19(9-10-20-2)16-8-5-13(17)11-15(16)18;2*1-2-4-5-3-1;/h2*3-8H,9-10H2,1-2H3;2*1-3H,4H2;/q4*-1;+4. The third kappa shape index (κ3) is 15.3. The summed E-state index contributed by atoms with van der Waals surface area (Å²) in [5, 5.41) is 0. The maximum atomic E-state index is 13.9. The van der Waals surface area contributed by atoms with E-state index in [1.807, 2.05) is 86.7 Å². The number of aryl methyl sites for hydroxylation is 2. The molecule has 0 unspecified atom stereocenters. The minimum absolute atomic E-state index is 0. The molecule has 0 saturated carbocycles. The van der Waals surface area contributed by atoms with E-state index in [2.05, 4.69) is 36.4 Å². The van der Waals surface area contributed by atoms with Gasteiger partial charge in [-0.15, -0.1) is 49.2 Å². The van der Waals surface area contributed by atoms with Crippen molar-refractivity contribution < 1.29 is 48.8 Å². The van der Waals surface area contributed by atoms with Gasteiger partial charge in [-0.3, -0.25) is 12.2 Å². The third-order valence-corrected chi connectivity index (χ3v) is 7.17. The van der Waals surface area contributed by atoms with E-state index in [0.29, 0.717) is 26.3 Å². The van der Waals surface area contributed by atoms with Gasteiger partial charge in [-0.1, -0.05) is 35.4 Å². The fourth-order valence-corrected chi connectivity index (χ4v) is 4.56. The van der Waals surface area contributed by atoms with Crippen molar-refractivity contribution in [2.45, 2.75) is 26.7 Å². The first kappa shape index (κ1) is 43.0. The van der Waals surface area contributed by atoms with E-state index in [4.69, 9.17) is 9.47 Å². The molecule has 4 aromatic rings. The second kappa shape index (κ2) is 24.1. The molecule has 0 aromatic heterocycles. The Labute approximate surface area is 315 Å². The number of allylic oxidation sites excluding steroid dienone is 8. The number of halogens is 4. The van der Waals surface area contributed by atoms with Crippen molar-refractivity contribution in [2.75, 3.05) is 50.3 Å². The van der Waals surface area contributed by atoms with Crippen molar-refractivity contribution in [2.24, 2.45) is 0 Å². The molecule has 6 rings (SSSR count). The first-order valence-corrected chi connectivity index (χ1v) is 16.1. The van der Waals surface area contributed by atoms with Gasteiger partial charge in [0, 0.05) is 62.0 Å². The number of benzene rings is 4. The summed E-state index contributed by atoms with van der Waals surface area (Å²) in [6.07, 6.45) is 20.0. The molecule has 0 amide bonds. The van der Waals surface area contributed by atoms with Crippen LogP contribution in [0.5, 0.6) is 0 Å². The van der Waals surface area contributed by atoms with Crippen molar-refractivity contribution >= 4 is 22.7 Å². The molecule has 0 N–H and O–H groups in total. The maximum Gasteiger partial charge on any atom is 4.00 e. The van der Waals surface area contributed by atoms with E-state index in [1.165, 1.54) is 24.3 Å². The summed E-state index contributed by atoms with van der Waals surface area (Å²) in [6, 6.07) is 24.7. The average molecular weight is 731 g/mol. The average Bonchev–Trinajstić information content (AvgIpc) is 3.89. The van der Waals surface area contributed by atoms with Gasteiger partial charge >= 0.3 is 21.7 Å². The number of hydrogen-bond donors (Lipinski definition) is 0. The number of anilines is 4. The molecule has 0 atom stereocenters. The van der Waals surface area contributed by atoms with Gasteiger partial charge in [0.05, 0.1) is 13.2 Å². The Morgan fingerprint density at radius 2 is 0.941 bits per heavy atom.